The molecule has 0 aliphatic rings. The van der Waals surface area contributed by atoms with Crippen LogP contribution >= 0.6 is 23.7 Å². The van der Waals surface area contributed by atoms with Gasteiger partial charge in [-0.3, -0.25) is 0 Å². The van der Waals surface area contributed by atoms with E-state index in [0.717, 1.165) is 4.88 Å². The Morgan fingerprint density at radius 1 is 1.58 bits per heavy atom. The van der Waals surface area contributed by atoms with Crippen LogP contribution in [0, 0.1) is 0 Å². The monoisotopic (exact) mass is 227 g/mol. The lowest BCUT2D eigenvalue weighted by atomic mass is 10.5. The molecule has 0 aliphatic carbocycles. The van der Waals surface area contributed by atoms with Gasteiger partial charge in [-0.25, -0.2) is 8.42 Å². The van der Waals surface area contributed by atoms with E-state index in [1.165, 1.54) is 17.6 Å². The van der Waals surface area contributed by atoms with E-state index in [-0.39, 0.29) is 12.4 Å². The molecule has 0 atom stereocenters. The van der Waals surface area contributed by atoms with Crippen LogP contribution < -0.4 is 5.73 Å². The van der Waals surface area contributed by atoms with E-state index in [0.29, 0.717) is 11.4 Å². The summed E-state index contributed by atoms with van der Waals surface area (Å²) in [4.78, 5) is 1.09. The normalized spacial score (nSPS) is 10.8. The Bertz CT molecular complexity index is 344. The summed E-state index contributed by atoms with van der Waals surface area (Å²) in [6.07, 6.45) is 1.19. The molecule has 6 heteroatoms. The van der Waals surface area contributed by atoms with Crippen LogP contribution in [-0.4, -0.2) is 14.7 Å². The average Bonchev–Trinajstić information content (AvgIpc) is 2.31. The SMILES string of the molecule is CS(=O)(=O)c1ccsc1CN.Cl. The van der Waals surface area contributed by atoms with Crippen molar-refractivity contribution in [3.63, 3.8) is 0 Å². The van der Waals surface area contributed by atoms with E-state index in [1.54, 1.807) is 11.4 Å². The largest absolute Gasteiger partial charge is 0.326 e. The number of nitrogens with two attached hydrogens (primary N) is 1. The molecule has 0 saturated carbocycles. The van der Waals surface area contributed by atoms with Crippen molar-refractivity contribution in [3.8, 4) is 0 Å². The molecule has 2 N–H and O–H groups in total. The van der Waals surface area contributed by atoms with Gasteiger partial charge in [-0.15, -0.1) is 23.7 Å². The maximum Gasteiger partial charge on any atom is 0.176 e. The van der Waals surface area contributed by atoms with Crippen LogP contribution in [0.15, 0.2) is 16.3 Å². The molecular formula is C6H10ClNO2S2. The molecule has 1 rings (SSSR count). The highest BCUT2D eigenvalue weighted by Crippen LogP contribution is 2.20. The Balaban J connectivity index is 0.00000121. The summed E-state index contributed by atoms with van der Waals surface area (Å²) >= 11 is 1.37. The van der Waals surface area contributed by atoms with Gasteiger partial charge in [0.1, 0.15) is 0 Å². The van der Waals surface area contributed by atoms with E-state index < -0.39 is 9.84 Å². The highest BCUT2D eigenvalue weighted by molar-refractivity contribution is 7.90. The van der Waals surface area contributed by atoms with Crippen LogP contribution in [0.25, 0.3) is 0 Å². The molecule has 0 spiro atoms. The fourth-order valence-corrected chi connectivity index (χ4v) is 2.95. The van der Waals surface area contributed by atoms with Crippen LogP contribution in [0.2, 0.25) is 0 Å². The quantitative estimate of drug-likeness (QED) is 0.821. The molecule has 1 aromatic heterocycles. The summed E-state index contributed by atoms with van der Waals surface area (Å²) in [5.74, 6) is 0. The first-order valence-electron chi connectivity index (χ1n) is 3.02. The van der Waals surface area contributed by atoms with Gasteiger partial charge in [-0.1, -0.05) is 0 Å². The summed E-state index contributed by atoms with van der Waals surface area (Å²) in [5, 5.41) is 1.73. The Labute approximate surface area is 81.9 Å². The second-order valence-corrected chi connectivity index (χ2v) is 5.17. The van der Waals surface area contributed by atoms with E-state index in [4.69, 9.17) is 5.73 Å². The number of hydrogen-bond donors (Lipinski definition) is 1. The molecule has 0 fully saturated rings. The second kappa shape index (κ2) is 4.23. The Morgan fingerprint density at radius 3 is 2.50 bits per heavy atom. The second-order valence-electron chi connectivity index (χ2n) is 2.18. The van der Waals surface area contributed by atoms with Crippen molar-refractivity contribution in [1.82, 2.24) is 0 Å². The molecule has 70 valence electrons. The van der Waals surface area contributed by atoms with Gasteiger partial charge in [0, 0.05) is 17.7 Å². The third-order valence-electron chi connectivity index (χ3n) is 1.29. The zero-order chi connectivity index (χ0) is 8.48. The molecule has 0 aromatic carbocycles. The predicted molar refractivity (Wildman–Crippen MR) is 52.6 cm³/mol. The van der Waals surface area contributed by atoms with Gasteiger partial charge in [0.05, 0.1) is 4.90 Å². The predicted octanol–water partition coefficient (Wildman–Crippen LogP) is 1.03. The molecule has 0 saturated heterocycles. The average molecular weight is 228 g/mol. The Kier molecular flexibility index (Phi) is 4.19. The minimum Gasteiger partial charge on any atom is -0.326 e. The fraction of sp³-hybridized carbons (Fsp3) is 0.333. The molecule has 0 aliphatic heterocycles. The van der Waals surface area contributed by atoms with Gasteiger partial charge in [-0.2, -0.15) is 0 Å². The maximum atomic E-state index is 11.0. The summed E-state index contributed by atoms with van der Waals surface area (Å²) in [7, 11) is -3.07. The smallest absolute Gasteiger partial charge is 0.176 e. The van der Waals surface area contributed by atoms with Crippen LogP contribution in [0.4, 0.5) is 0 Å². The summed E-state index contributed by atoms with van der Waals surface area (Å²) in [6.45, 7) is 0.292. The highest BCUT2D eigenvalue weighted by atomic mass is 35.5. The zero-order valence-electron chi connectivity index (χ0n) is 6.48. The van der Waals surface area contributed by atoms with Crippen LogP contribution in [0.3, 0.4) is 0 Å². The van der Waals surface area contributed by atoms with Gasteiger partial charge < -0.3 is 5.73 Å². The van der Waals surface area contributed by atoms with Crippen LogP contribution in [0.1, 0.15) is 4.88 Å². The van der Waals surface area contributed by atoms with E-state index in [2.05, 4.69) is 0 Å². The molecule has 1 aromatic rings. The number of sulfone groups is 1. The first kappa shape index (κ1) is 11.9. The summed E-state index contributed by atoms with van der Waals surface area (Å²) < 4.78 is 22.0. The van der Waals surface area contributed by atoms with Crippen LogP contribution in [0.5, 0.6) is 0 Å². The van der Waals surface area contributed by atoms with Crippen molar-refractivity contribution in [2.75, 3.05) is 6.26 Å². The van der Waals surface area contributed by atoms with Crippen LogP contribution in [-0.2, 0) is 16.4 Å². The molecule has 0 unspecified atom stereocenters. The van der Waals surface area contributed by atoms with Crippen molar-refractivity contribution in [2.24, 2.45) is 5.73 Å². The standard InChI is InChI=1S/C6H9NO2S2.ClH/c1-11(8,9)6-2-3-10-5(6)4-7;/h2-3H,4,7H2,1H3;1H. The van der Waals surface area contributed by atoms with E-state index in [1.807, 2.05) is 0 Å². The van der Waals surface area contributed by atoms with Gasteiger partial charge in [0.15, 0.2) is 9.84 Å². The van der Waals surface area contributed by atoms with Crippen molar-refractivity contribution in [2.45, 2.75) is 11.4 Å². The van der Waals surface area contributed by atoms with Gasteiger partial charge in [0.2, 0.25) is 0 Å². The van der Waals surface area contributed by atoms with Gasteiger partial charge in [-0.05, 0) is 11.4 Å². The topological polar surface area (TPSA) is 60.2 Å². The van der Waals surface area contributed by atoms with Crippen molar-refractivity contribution >= 4 is 33.6 Å². The highest BCUT2D eigenvalue weighted by Gasteiger charge is 2.12. The molecular weight excluding hydrogens is 218 g/mol. The Morgan fingerprint density at radius 2 is 2.17 bits per heavy atom. The number of halogens is 1. The number of rotatable bonds is 2. The van der Waals surface area contributed by atoms with Crippen molar-refractivity contribution in [3.05, 3.63) is 16.3 Å². The Hall–Kier alpha value is -0.100. The lowest BCUT2D eigenvalue weighted by molar-refractivity contribution is 0.601. The van der Waals surface area contributed by atoms with Gasteiger partial charge >= 0.3 is 0 Å². The molecule has 0 amide bonds. The minimum atomic E-state index is -3.07. The minimum absolute atomic E-state index is 0. The first-order chi connectivity index (χ1) is 5.05. The van der Waals surface area contributed by atoms with E-state index >= 15 is 0 Å². The lowest BCUT2D eigenvalue weighted by Crippen LogP contribution is -2.02. The number of hydrogen-bond acceptors (Lipinski definition) is 4. The third-order valence-corrected chi connectivity index (χ3v) is 3.54. The zero-order valence-corrected chi connectivity index (χ0v) is 8.93. The van der Waals surface area contributed by atoms with Crippen molar-refractivity contribution < 1.29 is 8.42 Å². The molecule has 0 bridgehead atoms. The lowest BCUT2D eigenvalue weighted by Gasteiger charge is -1.96. The van der Waals surface area contributed by atoms with Gasteiger partial charge in [0.25, 0.3) is 0 Å². The fourth-order valence-electron chi connectivity index (χ4n) is 0.808. The molecule has 3 nitrogen and oxygen atoms in total. The molecule has 12 heavy (non-hydrogen) atoms. The maximum absolute atomic E-state index is 11.0. The van der Waals surface area contributed by atoms with Crippen molar-refractivity contribution in [1.29, 1.82) is 0 Å². The molecule has 0 radical (unpaired) electrons. The molecule has 1 heterocycles. The third kappa shape index (κ3) is 2.45. The summed E-state index contributed by atoms with van der Waals surface area (Å²) in [5.41, 5.74) is 5.34. The number of thiophene rings is 1. The summed E-state index contributed by atoms with van der Waals surface area (Å²) in [6, 6.07) is 1.59. The first-order valence-corrected chi connectivity index (χ1v) is 5.79. The van der Waals surface area contributed by atoms with E-state index in [9.17, 15) is 8.42 Å².